The SMILES string of the molecule is Cc1ccc(C(=O)N(Cc2cccc(OCCN(C)C)c2)Cc2ccccn2)cc1. The van der Waals surface area contributed by atoms with Gasteiger partial charge in [0.05, 0.1) is 12.2 Å². The number of aryl methyl sites for hydroxylation is 1. The number of benzene rings is 2. The number of pyridine rings is 1. The lowest BCUT2D eigenvalue weighted by atomic mass is 10.1. The van der Waals surface area contributed by atoms with Crippen LogP contribution in [0.1, 0.15) is 27.2 Å². The summed E-state index contributed by atoms with van der Waals surface area (Å²) in [6.45, 7) is 4.41. The van der Waals surface area contributed by atoms with Crippen molar-refractivity contribution in [2.75, 3.05) is 27.2 Å². The maximum absolute atomic E-state index is 13.3. The Morgan fingerprint density at radius 1 is 0.967 bits per heavy atom. The van der Waals surface area contributed by atoms with Gasteiger partial charge in [0, 0.05) is 24.8 Å². The Bertz CT molecular complexity index is 940. The second-order valence-electron chi connectivity index (χ2n) is 7.65. The van der Waals surface area contributed by atoms with Gasteiger partial charge in [-0.2, -0.15) is 0 Å². The Labute approximate surface area is 178 Å². The van der Waals surface area contributed by atoms with E-state index in [9.17, 15) is 4.79 Å². The molecule has 1 heterocycles. The van der Waals surface area contributed by atoms with Crippen molar-refractivity contribution in [2.24, 2.45) is 0 Å². The van der Waals surface area contributed by atoms with Gasteiger partial charge in [0.1, 0.15) is 12.4 Å². The summed E-state index contributed by atoms with van der Waals surface area (Å²) in [5, 5.41) is 0. The fraction of sp³-hybridized carbons (Fsp3) is 0.280. The Balaban J connectivity index is 1.78. The third-order valence-electron chi connectivity index (χ3n) is 4.74. The molecule has 30 heavy (non-hydrogen) atoms. The van der Waals surface area contributed by atoms with Crippen LogP contribution in [0.2, 0.25) is 0 Å². The third-order valence-corrected chi connectivity index (χ3v) is 4.74. The molecule has 3 rings (SSSR count). The van der Waals surface area contributed by atoms with Gasteiger partial charge >= 0.3 is 0 Å². The summed E-state index contributed by atoms with van der Waals surface area (Å²) in [4.78, 5) is 21.6. The Morgan fingerprint density at radius 3 is 2.47 bits per heavy atom. The maximum atomic E-state index is 13.3. The van der Waals surface area contributed by atoms with Crippen LogP contribution in [-0.4, -0.2) is 47.9 Å². The molecule has 3 aromatic rings. The first-order chi connectivity index (χ1) is 14.5. The molecule has 0 aliphatic rings. The van der Waals surface area contributed by atoms with Crippen LogP contribution in [0, 0.1) is 6.92 Å². The molecule has 0 aliphatic carbocycles. The topological polar surface area (TPSA) is 45.7 Å². The van der Waals surface area contributed by atoms with Gasteiger partial charge in [-0.25, -0.2) is 0 Å². The summed E-state index contributed by atoms with van der Waals surface area (Å²) in [6, 6.07) is 21.4. The van der Waals surface area contributed by atoms with Crippen LogP contribution >= 0.6 is 0 Å². The first-order valence-electron chi connectivity index (χ1n) is 10.1. The van der Waals surface area contributed by atoms with Crippen molar-refractivity contribution in [3.05, 3.63) is 95.3 Å². The smallest absolute Gasteiger partial charge is 0.254 e. The van der Waals surface area contributed by atoms with Gasteiger partial charge in [-0.15, -0.1) is 0 Å². The van der Waals surface area contributed by atoms with Gasteiger partial charge < -0.3 is 14.5 Å². The molecule has 0 spiro atoms. The number of amides is 1. The zero-order valence-corrected chi connectivity index (χ0v) is 17.9. The van der Waals surface area contributed by atoms with E-state index < -0.39 is 0 Å². The van der Waals surface area contributed by atoms with E-state index in [0.29, 0.717) is 25.3 Å². The molecule has 0 bridgehead atoms. The number of rotatable bonds is 9. The Kier molecular flexibility index (Phi) is 7.57. The molecule has 5 nitrogen and oxygen atoms in total. The lowest BCUT2D eigenvalue weighted by molar-refractivity contribution is 0.0727. The molecular weight excluding hydrogens is 374 g/mol. The summed E-state index contributed by atoms with van der Waals surface area (Å²) >= 11 is 0. The first-order valence-corrected chi connectivity index (χ1v) is 10.1. The summed E-state index contributed by atoms with van der Waals surface area (Å²) in [5.74, 6) is 0.800. The van der Waals surface area contributed by atoms with Crippen LogP contribution < -0.4 is 4.74 Å². The number of carbonyl (C=O) groups is 1. The van der Waals surface area contributed by atoms with Crippen molar-refractivity contribution in [3.63, 3.8) is 0 Å². The Hall–Kier alpha value is -3.18. The lowest BCUT2D eigenvalue weighted by Gasteiger charge is -2.23. The predicted molar refractivity (Wildman–Crippen MR) is 119 cm³/mol. The largest absolute Gasteiger partial charge is 0.492 e. The highest BCUT2D eigenvalue weighted by molar-refractivity contribution is 5.94. The zero-order valence-electron chi connectivity index (χ0n) is 17.9. The van der Waals surface area contributed by atoms with Gasteiger partial charge in [-0.1, -0.05) is 35.9 Å². The highest BCUT2D eigenvalue weighted by Crippen LogP contribution is 2.18. The van der Waals surface area contributed by atoms with Crippen LogP contribution in [0.5, 0.6) is 5.75 Å². The van der Waals surface area contributed by atoms with Crippen molar-refractivity contribution in [1.82, 2.24) is 14.8 Å². The monoisotopic (exact) mass is 403 g/mol. The van der Waals surface area contributed by atoms with Gasteiger partial charge in [-0.3, -0.25) is 9.78 Å². The minimum atomic E-state index is -0.0143. The van der Waals surface area contributed by atoms with E-state index in [1.807, 2.05) is 92.6 Å². The van der Waals surface area contributed by atoms with Crippen molar-refractivity contribution in [2.45, 2.75) is 20.0 Å². The van der Waals surface area contributed by atoms with Gasteiger partial charge in [-0.05, 0) is 63.0 Å². The van der Waals surface area contributed by atoms with E-state index in [-0.39, 0.29) is 5.91 Å². The average molecular weight is 404 g/mol. The van der Waals surface area contributed by atoms with Crippen molar-refractivity contribution in [3.8, 4) is 5.75 Å². The standard InChI is InChI=1S/C25H29N3O2/c1-20-10-12-22(13-11-20)25(29)28(19-23-8-4-5-14-26-23)18-21-7-6-9-24(17-21)30-16-15-27(2)3/h4-14,17H,15-16,18-19H2,1-3H3. The average Bonchev–Trinajstić information content (AvgIpc) is 2.74. The molecule has 0 atom stereocenters. The maximum Gasteiger partial charge on any atom is 0.254 e. The lowest BCUT2D eigenvalue weighted by Crippen LogP contribution is -2.30. The number of hydrogen-bond acceptors (Lipinski definition) is 4. The molecule has 0 saturated heterocycles. The van der Waals surface area contributed by atoms with Crippen LogP contribution in [0.4, 0.5) is 0 Å². The summed E-state index contributed by atoms with van der Waals surface area (Å²) < 4.78 is 5.86. The molecule has 0 aliphatic heterocycles. The summed E-state index contributed by atoms with van der Waals surface area (Å²) in [6.07, 6.45) is 1.75. The van der Waals surface area contributed by atoms with E-state index in [1.165, 1.54) is 0 Å². The number of hydrogen-bond donors (Lipinski definition) is 0. The van der Waals surface area contributed by atoms with E-state index in [2.05, 4.69) is 9.88 Å². The quantitative estimate of drug-likeness (QED) is 0.538. The van der Waals surface area contributed by atoms with Crippen LogP contribution in [-0.2, 0) is 13.1 Å². The number of likely N-dealkylation sites (N-methyl/N-ethyl adjacent to an activating group) is 1. The second-order valence-corrected chi connectivity index (χ2v) is 7.65. The van der Waals surface area contributed by atoms with Gasteiger partial charge in [0.15, 0.2) is 0 Å². The third kappa shape index (κ3) is 6.42. The Morgan fingerprint density at radius 2 is 1.77 bits per heavy atom. The number of carbonyl (C=O) groups excluding carboxylic acids is 1. The number of aromatic nitrogens is 1. The summed E-state index contributed by atoms with van der Waals surface area (Å²) in [7, 11) is 4.04. The molecule has 0 fully saturated rings. The summed E-state index contributed by atoms with van der Waals surface area (Å²) in [5.41, 5.74) is 3.69. The fourth-order valence-electron chi connectivity index (χ4n) is 3.07. The van der Waals surface area contributed by atoms with Crippen molar-refractivity contribution in [1.29, 1.82) is 0 Å². The molecule has 5 heteroatoms. The minimum Gasteiger partial charge on any atom is -0.492 e. The van der Waals surface area contributed by atoms with E-state index in [1.54, 1.807) is 6.20 Å². The van der Waals surface area contributed by atoms with Gasteiger partial charge in [0.25, 0.3) is 5.91 Å². The van der Waals surface area contributed by atoms with Crippen LogP contribution in [0.25, 0.3) is 0 Å². The normalized spacial score (nSPS) is 10.8. The second kappa shape index (κ2) is 10.6. The molecule has 0 unspecified atom stereocenters. The highest BCUT2D eigenvalue weighted by Gasteiger charge is 2.17. The molecular formula is C25H29N3O2. The number of nitrogens with zero attached hydrogens (tertiary/aromatic N) is 3. The minimum absolute atomic E-state index is 0.0143. The molecule has 0 radical (unpaired) electrons. The van der Waals surface area contributed by atoms with Crippen LogP contribution in [0.3, 0.4) is 0 Å². The van der Waals surface area contributed by atoms with E-state index in [0.717, 1.165) is 29.1 Å². The van der Waals surface area contributed by atoms with Crippen molar-refractivity contribution >= 4 is 5.91 Å². The fourth-order valence-corrected chi connectivity index (χ4v) is 3.07. The van der Waals surface area contributed by atoms with Crippen molar-refractivity contribution < 1.29 is 9.53 Å². The molecule has 1 amide bonds. The molecule has 0 N–H and O–H groups in total. The highest BCUT2D eigenvalue weighted by atomic mass is 16.5. The van der Waals surface area contributed by atoms with E-state index in [4.69, 9.17) is 4.74 Å². The van der Waals surface area contributed by atoms with Gasteiger partial charge in [0.2, 0.25) is 0 Å². The number of ether oxygens (including phenoxy) is 1. The van der Waals surface area contributed by atoms with E-state index >= 15 is 0 Å². The molecule has 1 aromatic heterocycles. The predicted octanol–water partition coefficient (Wildman–Crippen LogP) is 4.17. The molecule has 0 saturated carbocycles. The first kappa shape index (κ1) is 21.5. The molecule has 156 valence electrons. The molecule has 2 aromatic carbocycles. The van der Waals surface area contributed by atoms with Crippen LogP contribution in [0.15, 0.2) is 72.9 Å². The zero-order chi connectivity index (χ0) is 21.3.